The first-order valence-corrected chi connectivity index (χ1v) is 10.3. The molecule has 3 N–H and O–H groups in total. The van der Waals surface area contributed by atoms with Crippen LogP contribution in [0.1, 0.15) is 31.4 Å². The van der Waals surface area contributed by atoms with E-state index < -0.39 is 15.8 Å². The molecule has 1 amide bonds. The normalized spacial score (nSPS) is 12.8. The number of carbonyl (C=O) groups excluding carboxylic acids is 1. The van der Waals surface area contributed by atoms with Gasteiger partial charge in [-0.2, -0.15) is 0 Å². The van der Waals surface area contributed by atoms with Gasteiger partial charge >= 0.3 is 5.76 Å². The fourth-order valence-electron chi connectivity index (χ4n) is 2.97. The van der Waals surface area contributed by atoms with Gasteiger partial charge < -0.3 is 9.73 Å². The summed E-state index contributed by atoms with van der Waals surface area (Å²) in [4.78, 5) is 24.1. The number of benzene rings is 2. The van der Waals surface area contributed by atoms with Crippen LogP contribution in [0.15, 0.2) is 62.6 Å². The monoisotopic (exact) mass is 403 g/mol. The summed E-state index contributed by atoms with van der Waals surface area (Å²) in [6.45, 7) is 2.18. The highest BCUT2D eigenvalue weighted by Gasteiger charge is 2.13. The van der Waals surface area contributed by atoms with Gasteiger partial charge in [0.05, 0.1) is 16.5 Å². The molecule has 1 atom stereocenters. The number of rotatable bonds is 7. The lowest BCUT2D eigenvalue weighted by Gasteiger charge is -2.14. The largest absolute Gasteiger partial charge is 0.419 e. The van der Waals surface area contributed by atoms with Crippen molar-refractivity contribution in [2.45, 2.75) is 37.2 Å². The van der Waals surface area contributed by atoms with E-state index in [9.17, 15) is 18.0 Å². The second-order valence-electron chi connectivity index (χ2n) is 6.49. The Morgan fingerprint density at radius 2 is 1.86 bits per heavy atom. The average molecular weight is 403 g/mol. The number of aryl methyl sites for hydroxylation is 1. The van der Waals surface area contributed by atoms with Crippen molar-refractivity contribution in [1.29, 1.82) is 0 Å². The van der Waals surface area contributed by atoms with Crippen LogP contribution in [-0.2, 0) is 21.4 Å². The first-order valence-electron chi connectivity index (χ1n) is 8.76. The van der Waals surface area contributed by atoms with E-state index in [0.717, 1.165) is 5.56 Å². The van der Waals surface area contributed by atoms with E-state index in [1.807, 2.05) is 6.07 Å². The van der Waals surface area contributed by atoms with Crippen molar-refractivity contribution >= 4 is 27.0 Å². The van der Waals surface area contributed by atoms with Crippen LogP contribution in [0.2, 0.25) is 0 Å². The molecule has 0 saturated carbocycles. The predicted molar refractivity (Wildman–Crippen MR) is 104 cm³/mol. The number of hydrogen-bond acceptors (Lipinski definition) is 5. The zero-order valence-electron chi connectivity index (χ0n) is 15.3. The van der Waals surface area contributed by atoms with Gasteiger partial charge in [0.15, 0.2) is 5.58 Å². The number of oxazole rings is 1. The molecule has 0 bridgehead atoms. The Labute approximate surface area is 162 Å². The van der Waals surface area contributed by atoms with Crippen molar-refractivity contribution in [3.8, 4) is 0 Å². The molecular formula is C19H21N3O5S. The van der Waals surface area contributed by atoms with Gasteiger partial charge in [0.25, 0.3) is 0 Å². The van der Waals surface area contributed by atoms with Crippen molar-refractivity contribution in [2.24, 2.45) is 5.14 Å². The molecule has 9 heteroatoms. The Kier molecular flexibility index (Phi) is 5.66. The Morgan fingerprint density at radius 1 is 1.18 bits per heavy atom. The number of nitrogens with zero attached hydrogens (tertiary/aromatic N) is 1. The third-order valence-corrected chi connectivity index (χ3v) is 5.37. The third kappa shape index (κ3) is 4.49. The maximum absolute atomic E-state index is 12.2. The molecule has 28 heavy (non-hydrogen) atoms. The third-order valence-electron chi connectivity index (χ3n) is 4.45. The van der Waals surface area contributed by atoms with E-state index in [4.69, 9.17) is 9.56 Å². The summed E-state index contributed by atoms with van der Waals surface area (Å²) >= 11 is 0. The van der Waals surface area contributed by atoms with Crippen LogP contribution in [0.5, 0.6) is 0 Å². The van der Waals surface area contributed by atoms with E-state index in [1.165, 1.54) is 16.7 Å². The molecule has 0 radical (unpaired) electrons. The topological polar surface area (TPSA) is 124 Å². The number of hydrogen-bond donors (Lipinski definition) is 2. The molecule has 3 aromatic rings. The van der Waals surface area contributed by atoms with Gasteiger partial charge in [-0.15, -0.1) is 0 Å². The number of amides is 1. The van der Waals surface area contributed by atoms with Crippen LogP contribution in [-0.4, -0.2) is 18.9 Å². The number of nitrogens with one attached hydrogen (secondary N) is 1. The van der Waals surface area contributed by atoms with E-state index in [0.29, 0.717) is 24.1 Å². The van der Waals surface area contributed by atoms with Crippen molar-refractivity contribution in [2.75, 3.05) is 0 Å². The zero-order valence-corrected chi connectivity index (χ0v) is 16.1. The lowest BCUT2D eigenvalue weighted by Crippen LogP contribution is -2.27. The van der Waals surface area contributed by atoms with Gasteiger partial charge in [-0.05, 0) is 43.2 Å². The van der Waals surface area contributed by atoms with Crippen LogP contribution in [0.4, 0.5) is 0 Å². The molecule has 0 aliphatic heterocycles. The highest BCUT2D eigenvalue weighted by Crippen LogP contribution is 2.16. The molecule has 0 aliphatic carbocycles. The summed E-state index contributed by atoms with van der Waals surface area (Å²) in [5, 5.41) is 7.93. The summed E-state index contributed by atoms with van der Waals surface area (Å²) in [7, 11) is -3.74. The van der Waals surface area contributed by atoms with Crippen LogP contribution >= 0.6 is 0 Å². The van der Waals surface area contributed by atoms with Gasteiger partial charge in [-0.25, -0.2) is 18.4 Å². The zero-order chi connectivity index (χ0) is 20.3. The fraction of sp³-hybridized carbons (Fsp3) is 0.263. The highest BCUT2D eigenvalue weighted by molar-refractivity contribution is 7.89. The molecule has 1 aromatic heterocycles. The molecule has 148 valence electrons. The lowest BCUT2D eigenvalue weighted by atomic mass is 10.1. The smallest absolute Gasteiger partial charge is 0.408 e. The van der Waals surface area contributed by atoms with Crippen molar-refractivity contribution < 1.29 is 17.6 Å². The van der Waals surface area contributed by atoms with Crippen molar-refractivity contribution in [3.63, 3.8) is 0 Å². The molecule has 0 aliphatic rings. The average Bonchev–Trinajstić information content (AvgIpc) is 2.96. The fourth-order valence-corrected chi connectivity index (χ4v) is 3.48. The molecule has 8 nitrogen and oxygen atoms in total. The van der Waals surface area contributed by atoms with Gasteiger partial charge in [0.1, 0.15) is 0 Å². The molecule has 3 rings (SSSR count). The summed E-state index contributed by atoms with van der Waals surface area (Å²) < 4.78 is 29.3. The minimum absolute atomic E-state index is 0.0209. The van der Waals surface area contributed by atoms with E-state index in [2.05, 4.69) is 5.32 Å². The molecule has 0 fully saturated rings. The number of sulfonamides is 1. The lowest BCUT2D eigenvalue weighted by molar-refractivity contribution is -0.121. The minimum Gasteiger partial charge on any atom is -0.408 e. The molecule has 0 spiro atoms. The van der Waals surface area contributed by atoms with Crippen molar-refractivity contribution in [1.82, 2.24) is 9.88 Å². The number of carbonyl (C=O) groups is 1. The minimum atomic E-state index is -3.74. The van der Waals surface area contributed by atoms with E-state index in [-0.39, 0.29) is 23.3 Å². The van der Waals surface area contributed by atoms with Crippen LogP contribution in [0, 0.1) is 0 Å². The van der Waals surface area contributed by atoms with Gasteiger partial charge in [0.2, 0.25) is 15.9 Å². The summed E-state index contributed by atoms with van der Waals surface area (Å²) in [6.07, 6.45) is 0.720. The summed E-state index contributed by atoms with van der Waals surface area (Å²) in [5.41, 5.74) is 1.99. The Bertz CT molecular complexity index is 1150. The second-order valence-corrected chi connectivity index (χ2v) is 8.06. The van der Waals surface area contributed by atoms with Crippen LogP contribution < -0.4 is 16.2 Å². The molecule has 2 aromatic carbocycles. The first-order chi connectivity index (χ1) is 13.3. The Balaban J connectivity index is 1.55. The molecule has 0 saturated heterocycles. The predicted octanol–water partition coefficient (Wildman–Crippen LogP) is 1.90. The maximum atomic E-state index is 12.2. The Hall–Kier alpha value is -2.91. The Morgan fingerprint density at radius 3 is 2.54 bits per heavy atom. The van der Waals surface area contributed by atoms with E-state index >= 15 is 0 Å². The SMILES string of the molecule is C[C@@H](NC(=O)CCCn1c(=O)oc2ccccc21)c1ccc(S(N)(=O)=O)cc1. The molecular weight excluding hydrogens is 382 g/mol. The van der Waals surface area contributed by atoms with E-state index in [1.54, 1.807) is 37.3 Å². The van der Waals surface area contributed by atoms with Crippen LogP contribution in [0.25, 0.3) is 11.1 Å². The summed E-state index contributed by atoms with van der Waals surface area (Å²) in [5.74, 6) is -0.603. The van der Waals surface area contributed by atoms with Gasteiger partial charge in [0, 0.05) is 13.0 Å². The second kappa shape index (κ2) is 7.99. The number of fused-ring (bicyclic) bond motifs is 1. The molecule has 1 heterocycles. The summed E-state index contributed by atoms with van der Waals surface area (Å²) in [6, 6.07) is 12.9. The number of primary sulfonamides is 1. The van der Waals surface area contributed by atoms with Gasteiger partial charge in [-0.3, -0.25) is 9.36 Å². The number of nitrogens with two attached hydrogens (primary N) is 1. The number of aromatic nitrogens is 1. The van der Waals surface area contributed by atoms with Crippen LogP contribution in [0.3, 0.4) is 0 Å². The highest BCUT2D eigenvalue weighted by atomic mass is 32.2. The van der Waals surface area contributed by atoms with Gasteiger partial charge in [-0.1, -0.05) is 24.3 Å². The van der Waals surface area contributed by atoms with Crippen molar-refractivity contribution in [3.05, 3.63) is 64.6 Å². The molecule has 0 unspecified atom stereocenters. The maximum Gasteiger partial charge on any atom is 0.419 e. The first kappa shape index (κ1) is 19.8. The number of para-hydroxylation sites is 2. The quantitative estimate of drug-likeness (QED) is 0.623. The standard InChI is InChI=1S/C19H21N3O5S/c1-13(14-8-10-15(11-9-14)28(20,25)26)21-18(23)7-4-12-22-16-5-2-3-6-17(16)27-19(22)24/h2-3,5-6,8-11,13H,4,7,12H2,1H3,(H,21,23)(H2,20,25,26)/t13-/m1/s1.